The molecular formula is C13H16N2O3. The average Bonchev–Trinajstić information content (AvgIpc) is 2.78. The van der Waals surface area contributed by atoms with Crippen molar-refractivity contribution < 1.29 is 14.6 Å². The number of ether oxygens (including phenoxy) is 1. The van der Waals surface area contributed by atoms with Gasteiger partial charge in [0.1, 0.15) is 5.82 Å². The Hall–Kier alpha value is -2.01. The molecule has 0 radical (unpaired) electrons. The molecule has 2 rings (SSSR count). The van der Waals surface area contributed by atoms with Crippen LogP contribution in [0, 0.1) is 0 Å². The molecule has 1 N–H and O–H groups in total. The summed E-state index contributed by atoms with van der Waals surface area (Å²) in [6, 6.07) is 7.34. The number of carboxylic acid groups (broad SMARTS) is 1. The number of likely N-dealkylation sites (N-methyl/N-ethyl adjacent to an activating group) is 1. The second-order valence-electron chi connectivity index (χ2n) is 4.12. The van der Waals surface area contributed by atoms with Gasteiger partial charge >= 0.3 is 5.97 Å². The monoisotopic (exact) mass is 248 g/mol. The largest absolute Gasteiger partial charge is 0.478 e. The van der Waals surface area contributed by atoms with E-state index in [1.54, 1.807) is 25.4 Å². The first kappa shape index (κ1) is 12.4. The lowest BCUT2D eigenvalue weighted by molar-refractivity contribution is 0.0696. The van der Waals surface area contributed by atoms with E-state index >= 15 is 0 Å². The maximum atomic E-state index is 11.0. The van der Waals surface area contributed by atoms with Gasteiger partial charge in [-0.1, -0.05) is 0 Å². The molecule has 5 heteroatoms. The van der Waals surface area contributed by atoms with Gasteiger partial charge in [0.15, 0.2) is 0 Å². The highest BCUT2D eigenvalue weighted by atomic mass is 16.5. The molecule has 0 aromatic carbocycles. The van der Waals surface area contributed by atoms with Crippen molar-refractivity contribution in [2.45, 2.75) is 0 Å². The van der Waals surface area contributed by atoms with E-state index in [4.69, 9.17) is 9.84 Å². The van der Waals surface area contributed by atoms with Gasteiger partial charge in [0, 0.05) is 32.4 Å². The Labute approximate surface area is 105 Å². The molecule has 0 fully saturated rings. The van der Waals surface area contributed by atoms with Crippen molar-refractivity contribution in [3.8, 4) is 0 Å². The number of aromatic carboxylic acids is 1. The second-order valence-corrected chi connectivity index (χ2v) is 4.12. The average molecular weight is 248 g/mol. The van der Waals surface area contributed by atoms with Crippen molar-refractivity contribution in [3.05, 3.63) is 36.0 Å². The van der Waals surface area contributed by atoms with Crippen LogP contribution in [-0.4, -0.2) is 42.8 Å². The summed E-state index contributed by atoms with van der Waals surface area (Å²) in [5.74, 6) is 0.0289. The van der Waals surface area contributed by atoms with Gasteiger partial charge in [-0.3, -0.25) is 0 Å². The van der Waals surface area contributed by atoms with Gasteiger partial charge in [-0.05, 0) is 24.3 Å². The summed E-state index contributed by atoms with van der Waals surface area (Å²) in [6.45, 7) is 1.38. The number of methoxy groups -OCH3 is 1. The summed E-state index contributed by atoms with van der Waals surface area (Å²) < 4.78 is 6.91. The molecule has 0 saturated carbocycles. The summed E-state index contributed by atoms with van der Waals surface area (Å²) in [7, 11) is 3.61. The summed E-state index contributed by atoms with van der Waals surface area (Å²) in [4.78, 5) is 13.0. The Morgan fingerprint density at radius 1 is 1.39 bits per heavy atom. The Kier molecular flexibility index (Phi) is 3.53. The topological polar surface area (TPSA) is 54.2 Å². The molecule has 0 amide bonds. The highest BCUT2D eigenvalue weighted by molar-refractivity contribution is 5.88. The second kappa shape index (κ2) is 5.10. The molecule has 0 saturated heterocycles. The highest BCUT2D eigenvalue weighted by Gasteiger charge is 2.09. The van der Waals surface area contributed by atoms with Gasteiger partial charge in [0.25, 0.3) is 0 Å². The standard InChI is InChI=1S/C13H16N2O3/c1-14(7-8-18-2)12-6-5-11-4-3-10(13(16)17)9-15(11)12/h3-6,9H,7-8H2,1-2H3,(H,16,17). The predicted octanol–water partition coefficient (Wildman–Crippen LogP) is 1.72. The lowest BCUT2D eigenvalue weighted by Gasteiger charge is -2.18. The van der Waals surface area contributed by atoms with Crippen LogP contribution in [0.4, 0.5) is 5.82 Å². The predicted molar refractivity (Wildman–Crippen MR) is 69.5 cm³/mol. The van der Waals surface area contributed by atoms with Gasteiger partial charge < -0.3 is 19.1 Å². The van der Waals surface area contributed by atoms with Crippen molar-refractivity contribution in [2.24, 2.45) is 0 Å². The third-order valence-electron chi connectivity index (χ3n) is 2.90. The van der Waals surface area contributed by atoms with Gasteiger partial charge in [0.05, 0.1) is 12.2 Å². The number of aromatic nitrogens is 1. The quantitative estimate of drug-likeness (QED) is 0.875. The van der Waals surface area contributed by atoms with Crippen LogP contribution >= 0.6 is 0 Å². The normalized spacial score (nSPS) is 10.8. The summed E-state index contributed by atoms with van der Waals surface area (Å²) in [5.41, 5.74) is 1.25. The van der Waals surface area contributed by atoms with Crippen molar-refractivity contribution in [2.75, 3.05) is 32.2 Å². The summed E-state index contributed by atoms with van der Waals surface area (Å²) in [6.07, 6.45) is 1.64. The van der Waals surface area contributed by atoms with E-state index in [9.17, 15) is 4.79 Å². The number of fused-ring (bicyclic) bond motifs is 1. The summed E-state index contributed by atoms with van der Waals surface area (Å²) >= 11 is 0. The van der Waals surface area contributed by atoms with Gasteiger partial charge in [-0.2, -0.15) is 0 Å². The first-order valence-electron chi connectivity index (χ1n) is 5.68. The maximum absolute atomic E-state index is 11.0. The van der Waals surface area contributed by atoms with Crippen molar-refractivity contribution in [1.82, 2.24) is 4.40 Å². The number of carbonyl (C=O) groups is 1. The summed E-state index contributed by atoms with van der Waals surface area (Å²) in [5, 5.41) is 9.01. The number of anilines is 1. The van der Waals surface area contributed by atoms with Crippen molar-refractivity contribution in [3.63, 3.8) is 0 Å². The molecule has 0 unspecified atom stereocenters. The first-order chi connectivity index (χ1) is 8.63. The maximum Gasteiger partial charge on any atom is 0.337 e. The third kappa shape index (κ3) is 2.31. The number of carboxylic acids is 1. The number of hydrogen-bond donors (Lipinski definition) is 1. The Morgan fingerprint density at radius 2 is 2.11 bits per heavy atom. The van der Waals surface area contributed by atoms with Crippen LogP contribution in [0.2, 0.25) is 0 Å². The molecule has 0 bridgehead atoms. The van der Waals surface area contributed by atoms with Crippen LogP contribution in [0.1, 0.15) is 10.4 Å². The van der Waals surface area contributed by atoms with Crippen LogP contribution < -0.4 is 4.90 Å². The van der Waals surface area contributed by atoms with Gasteiger partial charge in [-0.25, -0.2) is 4.79 Å². The van der Waals surface area contributed by atoms with E-state index in [0.717, 1.165) is 17.9 Å². The molecule has 0 atom stereocenters. The smallest absolute Gasteiger partial charge is 0.337 e. The Morgan fingerprint density at radius 3 is 2.78 bits per heavy atom. The van der Waals surface area contributed by atoms with E-state index in [1.807, 2.05) is 28.5 Å². The molecule has 2 aromatic heterocycles. The zero-order valence-electron chi connectivity index (χ0n) is 10.5. The van der Waals surface area contributed by atoms with Crippen molar-refractivity contribution in [1.29, 1.82) is 0 Å². The molecular weight excluding hydrogens is 232 g/mol. The van der Waals surface area contributed by atoms with Crippen LogP contribution in [0.25, 0.3) is 5.52 Å². The highest BCUT2D eigenvalue weighted by Crippen LogP contribution is 2.19. The third-order valence-corrected chi connectivity index (χ3v) is 2.90. The van der Waals surface area contributed by atoms with Crippen LogP contribution in [0.3, 0.4) is 0 Å². The number of hydrogen-bond acceptors (Lipinski definition) is 3. The molecule has 0 aliphatic carbocycles. The minimum Gasteiger partial charge on any atom is -0.478 e. The molecule has 2 aromatic rings. The number of pyridine rings is 1. The molecule has 5 nitrogen and oxygen atoms in total. The van der Waals surface area contributed by atoms with Gasteiger partial charge in [0.2, 0.25) is 0 Å². The lowest BCUT2D eigenvalue weighted by Crippen LogP contribution is -2.23. The van der Waals surface area contributed by atoms with E-state index < -0.39 is 5.97 Å². The van der Waals surface area contributed by atoms with Crippen LogP contribution in [-0.2, 0) is 4.74 Å². The molecule has 96 valence electrons. The molecule has 18 heavy (non-hydrogen) atoms. The van der Waals surface area contributed by atoms with E-state index in [2.05, 4.69) is 0 Å². The van der Waals surface area contributed by atoms with Crippen LogP contribution in [0.5, 0.6) is 0 Å². The Bertz CT molecular complexity index is 562. The molecule has 0 aliphatic heterocycles. The molecule has 2 heterocycles. The van der Waals surface area contributed by atoms with E-state index in [1.165, 1.54) is 0 Å². The zero-order chi connectivity index (χ0) is 13.1. The fourth-order valence-electron chi connectivity index (χ4n) is 1.87. The fourth-order valence-corrected chi connectivity index (χ4v) is 1.87. The molecule has 0 aliphatic rings. The molecule has 0 spiro atoms. The van der Waals surface area contributed by atoms with E-state index in [-0.39, 0.29) is 5.56 Å². The first-order valence-corrected chi connectivity index (χ1v) is 5.68. The Balaban J connectivity index is 2.38. The SMILES string of the molecule is COCCN(C)c1ccc2ccc(C(=O)O)cn12. The van der Waals surface area contributed by atoms with Crippen LogP contribution in [0.15, 0.2) is 30.5 Å². The van der Waals surface area contributed by atoms with Gasteiger partial charge in [-0.15, -0.1) is 0 Å². The fraction of sp³-hybridized carbons (Fsp3) is 0.308. The minimum atomic E-state index is -0.920. The lowest BCUT2D eigenvalue weighted by atomic mass is 10.3. The zero-order valence-corrected chi connectivity index (χ0v) is 10.5. The minimum absolute atomic E-state index is 0.278. The number of nitrogens with zero attached hydrogens (tertiary/aromatic N) is 2. The van der Waals surface area contributed by atoms with Crippen molar-refractivity contribution >= 4 is 17.3 Å². The van der Waals surface area contributed by atoms with E-state index in [0.29, 0.717) is 6.61 Å². The number of rotatable bonds is 5.